The van der Waals surface area contributed by atoms with Gasteiger partial charge in [-0.2, -0.15) is 0 Å². The molecule has 0 heterocycles. The molecule has 2 atom stereocenters. The molecule has 1 aromatic carbocycles. The highest BCUT2D eigenvalue weighted by Crippen LogP contribution is 2.24. The lowest BCUT2D eigenvalue weighted by atomic mass is 9.98. The minimum atomic E-state index is -2.83. The zero-order valence-electron chi connectivity index (χ0n) is 14.2. The van der Waals surface area contributed by atoms with Crippen molar-refractivity contribution in [1.82, 2.24) is 5.32 Å². The molecule has 5 nitrogen and oxygen atoms in total. The van der Waals surface area contributed by atoms with Crippen molar-refractivity contribution in [3.8, 4) is 5.75 Å². The number of amides is 1. The van der Waals surface area contributed by atoms with Crippen molar-refractivity contribution in [3.63, 3.8) is 0 Å². The van der Waals surface area contributed by atoms with Crippen molar-refractivity contribution >= 4 is 11.9 Å². The van der Waals surface area contributed by atoms with E-state index in [1.165, 1.54) is 6.92 Å². The van der Waals surface area contributed by atoms with Gasteiger partial charge >= 0.3 is 5.97 Å². The average molecular weight is 343 g/mol. The third-order valence-corrected chi connectivity index (χ3v) is 3.57. The largest absolute Gasteiger partial charge is 0.481 e. The van der Waals surface area contributed by atoms with E-state index >= 15 is 0 Å². The first kappa shape index (κ1) is 19.9. The van der Waals surface area contributed by atoms with Gasteiger partial charge < -0.3 is 15.2 Å². The van der Waals surface area contributed by atoms with Crippen LogP contribution in [0.15, 0.2) is 18.2 Å². The van der Waals surface area contributed by atoms with Gasteiger partial charge in [-0.25, -0.2) is 13.6 Å². The molecule has 1 aromatic rings. The first-order valence-corrected chi connectivity index (χ1v) is 7.70. The van der Waals surface area contributed by atoms with Crippen molar-refractivity contribution in [2.45, 2.75) is 58.6 Å². The Labute approximate surface area is 140 Å². The Bertz CT molecular complexity index is 590. The normalized spacial score (nSPS) is 13.7. The second kappa shape index (κ2) is 8.61. The minimum absolute atomic E-state index is 0.352. The Hall–Kier alpha value is -2.18. The smallest absolute Gasteiger partial charge is 0.326 e. The Morgan fingerprint density at radius 1 is 1.25 bits per heavy atom. The lowest BCUT2D eigenvalue weighted by Gasteiger charge is -2.19. The van der Waals surface area contributed by atoms with Crippen LogP contribution in [0.25, 0.3) is 0 Å². The summed E-state index contributed by atoms with van der Waals surface area (Å²) < 4.78 is 30.2. The summed E-state index contributed by atoms with van der Waals surface area (Å²) >= 11 is 0. The molecule has 0 fully saturated rings. The summed E-state index contributed by atoms with van der Waals surface area (Å²) in [7, 11) is 0. The van der Waals surface area contributed by atoms with Crippen molar-refractivity contribution in [2.75, 3.05) is 0 Å². The van der Waals surface area contributed by atoms with Crippen LogP contribution in [0.5, 0.6) is 5.75 Å². The third-order valence-electron chi connectivity index (χ3n) is 3.57. The van der Waals surface area contributed by atoms with E-state index < -0.39 is 36.9 Å². The molecule has 0 aliphatic carbocycles. The molecule has 134 valence electrons. The summed E-state index contributed by atoms with van der Waals surface area (Å²) in [5.41, 5.74) is 2.17. The fraction of sp³-hybridized carbons (Fsp3) is 0.529. The van der Waals surface area contributed by atoms with Gasteiger partial charge in [-0.3, -0.25) is 4.79 Å². The number of aliphatic carboxylic acids is 1. The molecule has 2 unspecified atom stereocenters. The van der Waals surface area contributed by atoms with Gasteiger partial charge in [-0.15, -0.1) is 0 Å². The number of alkyl halides is 2. The average Bonchev–Trinajstić information content (AvgIpc) is 2.45. The van der Waals surface area contributed by atoms with E-state index in [0.717, 1.165) is 11.1 Å². The number of nitrogens with one attached hydrogen (secondary N) is 1. The molecule has 1 amide bonds. The maximum Gasteiger partial charge on any atom is 0.326 e. The van der Waals surface area contributed by atoms with E-state index in [4.69, 9.17) is 9.84 Å². The van der Waals surface area contributed by atoms with Crippen LogP contribution in [0.1, 0.15) is 44.2 Å². The fourth-order valence-corrected chi connectivity index (χ4v) is 2.32. The highest BCUT2D eigenvalue weighted by Gasteiger charge is 2.26. The maximum atomic E-state index is 12.3. The van der Waals surface area contributed by atoms with Gasteiger partial charge in [0.25, 0.3) is 5.91 Å². The predicted octanol–water partition coefficient (Wildman–Crippen LogP) is 3.11. The number of aryl methyl sites for hydroxylation is 1. The van der Waals surface area contributed by atoms with E-state index in [-0.39, 0.29) is 0 Å². The van der Waals surface area contributed by atoms with Gasteiger partial charge in [0.1, 0.15) is 11.8 Å². The van der Waals surface area contributed by atoms with Gasteiger partial charge in [0, 0.05) is 6.42 Å². The molecule has 0 aromatic heterocycles. The number of carbonyl (C=O) groups is 2. The van der Waals surface area contributed by atoms with Crippen molar-refractivity contribution in [1.29, 1.82) is 0 Å². The minimum Gasteiger partial charge on any atom is -0.481 e. The SMILES string of the molecule is Cc1cc(OC(C)C(=O)NC(CC(F)F)C(=O)O)ccc1C(C)C. The van der Waals surface area contributed by atoms with Gasteiger partial charge in [0.2, 0.25) is 6.43 Å². The zero-order valence-corrected chi connectivity index (χ0v) is 14.2. The highest BCUT2D eigenvalue weighted by atomic mass is 19.3. The molecule has 0 saturated heterocycles. The lowest BCUT2D eigenvalue weighted by molar-refractivity contribution is -0.144. The Morgan fingerprint density at radius 3 is 2.33 bits per heavy atom. The number of hydrogen-bond donors (Lipinski definition) is 2. The molecule has 7 heteroatoms. The summed E-state index contributed by atoms with van der Waals surface area (Å²) in [5.74, 6) is -1.45. The maximum absolute atomic E-state index is 12.3. The molecular formula is C17H23F2NO4. The lowest BCUT2D eigenvalue weighted by Crippen LogP contribution is -2.47. The van der Waals surface area contributed by atoms with Crippen LogP contribution in [-0.2, 0) is 9.59 Å². The van der Waals surface area contributed by atoms with E-state index in [9.17, 15) is 18.4 Å². The summed E-state index contributed by atoms with van der Waals surface area (Å²) in [6.07, 6.45) is -4.78. The first-order chi connectivity index (χ1) is 11.1. The molecule has 24 heavy (non-hydrogen) atoms. The number of carboxylic acid groups (broad SMARTS) is 1. The second-order valence-corrected chi connectivity index (χ2v) is 5.96. The number of hydrogen-bond acceptors (Lipinski definition) is 3. The number of rotatable bonds is 8. The Kier molecular flexibility index (Phi) is 7.13. The van der Waals surface area contributed by atoms with E-state index in [1.807, 2.05) is 13.0 Å². The molecule has 0 saturated carbocycles. The predicted molar refractivity (Wildman–Crippen MR) is 85.5 cm³/mol. The number of benzene rings is 1. The number of carbonyl (C=O) groups excluding carboxylic acids is 1. The van der Waals surface area contributed by atoms with Crippen LogP contribution < -0.4 is 10.1 Å². The van der Waals surface area contributed by atoms with Crippen LogP contribution >= 0.6 is 0 Å². The molecule has 0 aliphatic rings. The quantitative estimate of drug-likeness (QED) is 0.760. The van der Waals surface area contributed by atoms with Crippen LogP contribution in [0.2, 0.25) is 0 Å². The van der Waals surface area contributed by atoms with Gasteiger partial charge in [-0.1, -0.05) is 19.9 Å². The molecule has 1 rings (SSSR count). The van der Waals surface area contributed by atoms with Gasteiger partial charge in [0.15, 0.2) is 6.10 Å². The molecule has 0 spiro atoms. The van der Waals surface area contributed by atoms with Gasteiger partial charge in [-0.05, 0) is 43.0 Å². The van der Waals surface area contributed by atoms with Crippen LogP contribution in [0, 0.1) is 6.92 Å². The molecule has 2 N–H and O–H groups in total. The molecule has 0 aliphatic heterocycles. The van der Waals surface area contributed by atoms with Crippen LogP contribution in [0.4, 0.5) is 8.78 Å². The van der Waals surface area contributed by atoms with Crippen LogP contribution in [0.3, 0.4) is 0 Å². The Balaban J connectivity index is 2.72. The monoisotopic (exact) mass is 343 g/mol. The zero-order chi connectivity index (χ0) is 18.4. The summed E-state index contributed by atoms with van der Waals surface area (Å²) in [5, 5.41) is 10.9. The highest BCUT2D eigenvalue weighted by molar-refractivity contribution is 5.86. The fourth-order valence-electron chi connectivity index (χ4n) is 2.32. The van der Waals surface area contributed by atoms with Crippen molar-refractivity contribution < 1.29 is 28.2 Å². The first-order valence-electron chi connectivity index (χ1n) is 7.70. The van der Waals surface area contributed by atoms with Crippen molar-refractivity contribution in [2.24, 2.45) is 0 Å². The number of carboxylic acids is 1. The summed E-state index contributed by atoms with van der Waals surface area (Å²) in [6, 6.07) is 3.76. The third kappa shape index (κ3) is 5.79. The molecular weight excluding hydrogens is 320 g/mol. The Morgan fingerprint density at radius 2 is 1.88 bits per heavy atom. The molecule has 0 bridgehead atoms. The van der Waals surface area contributed by atoms with E-state index in [2.05, 4.69) is 19.2 Å². The topological polar surface area (TPSA) is 75.6 Å². The summed E-state index contributed by atoms with van der Waals surface area (Å²) in [6.45, 7) is 7.49. The van der Waals surface area contributed by atoms with Crippen molar-refractivity contribution in [3.05, 3.63) is 29.3 Å². The standard InChI is InChI=1S/C17H23F2NO4/c1-9(2)13-6-5-12(7-10(13)3)24-11(4)16(21)20-14(17(22)23)8-15(18)19/h5-7,9,11,14-15H,8H2,1-4H3,(H,20,21)(H,22,23). The van der Waals surface area contributed by atoms with E-state index in [0.29, 0.717) is 11.7 Å². The van der Waals surface area contributed by atoms with Crippen LogP contribution in [-0.4, -0.2) is 35.6 Å². The number of ether oxygens (including phenoxy) is 1. The van der Waals surface area contributed by atoms with Gasteiger partial charge in [0.05, 0.1) is 0 Å². The number of halogens is 2. The van der Waals surface area contributed by atoms with E-state index in [1.54, 1.807) is 12.1 Å². The second-order valence-electron chi connectivity index (χ2n) is 5.96. The molecule has 0 radical (unpaired) electrons. The summed E-state index contributed by atoms with van der Waals surface area (Å²) in [4.78, 5) is 22.9.